The van der Waals surface area contributed by atoms with Crippen LogP contribution in [0.2, 0.25) is 0 Å². The molecule has 0 fully saturated rings. The van der Waals surface area contributed by atoms with Crippen LogP contribution in [0.5, 0.6) is 5.75 Å². The smallest absolute Gasteiger partial charge is 0.416 e. The van der Waals surface area contributed by atoms with Crippen molar-refractivity contribution in [1.82, 2.24) is 5.43 Å². The number of benzene rings is 2. The van der Waals surface area contributed by atoms with Gasteiger partial charge in [0.25, 0.3) is 5.91 Å². The van der Waals surface area contributed by atoms with E-state index in [4.69, 9.17) is 4.74 Å². The maximum atomic E-state index is 12.6. The first-order valence-electron chi connectivity index (χ1n) is 6.55. The Morgan fingerprint density at radius 2 is 1.87 bits per heavy atom. The van der Waals surface area contributed by atoms with Gasteiger partial charge >= 0.3 is 6.18 Å². The van der Waals surface area contributed by atoms with Crippen LogP contribution in [-0.2, 0) is 6.18 Å². The van der Waals surface area contributed by atoms with Crippen molar-refractivity contribution in [2.45, 2.75) is 6.18 Å². The number of carbonyl (C=O) groups excluding carboxylic acids is 1. The number of methoxy groups -OCH3 is 1. The number of hydrazone groups is 1. The van der Waals surface area contributed by atoms with Crippen LogP contribution in [0.3, 0.4) is 0 Å². The van der Waals surface area contributed by atoms with E-state index in [1.807, 2.05) is 0 Å². The van der Waals surface area contributed by atoms with Crippen molar-refractivity contribution in [2.24, 2.45) is 5.10 Å². The molecule has 0 unspecified atom stereocenters. The summed E-state index contributed by atoms with van der Waals surface area (Å²) in [5.41, 5.74) is 1.89. The number of amides is 1. The number of rotatable bonds is 4. The SMILES string of the molecule is COc1ccc(/C=N/NC(=O)c2cccc(C(F)(F)F)c2)cc1. The number of ether oxygens (including phenoxy) is 1. The third-order valence-corrected chi connectivity index (χ3v) is 2.95. The Labute approximate surface area is 130 Å². The second-order valence-electron chi connectivity index (χ2n) is 4.55. The van der Waals surface area contributed by atoms with Crippen molar-refractivity contribution in [2.75, 3.05) is 7.11 Å². The third-order valence-electron chi connectivity index (χ3n) is 2.95. The summed E-state index contributed by atoms with van der Waals surface area (Å²) in [6, 6.07) is 11.0. The van der Waals surface area contributed by atoms with E-state index >= 15 is 0 Å². The van der Waals surface area contributed by atoms with Crippen LogP contribution >= 0.6 is 0 Å². The normalized spacial score (nSPS) is 11.5. The van der Waals surface area contributed by atoms with Crippen molar-refractivity contribution in [3.05, 3.63) is 65.2 Å². The highest BCUT2D eigenvalue weighted by atomic mass is 19.4. The first-order valence-corrected chi connectivity index (χ1v) is 6.55. The molecule has 2 aromatic rings. The predicted molar refractivity (Wildman–Crippen MR) is 79.5 cm³/mol. The van der Waals surface area contributed by atoms with Gasteiger partial charge in [0.05, 0.1) is 18.9 Å². The molecule has 2 aromatic carbocycles. The molecule has 1 amide bonds. The number of hydrogen-bond acceptors (Lipinski definition) is 3. The van der Waals surface area contributed by atoms with Gasteiger partial charge in [0.15, 0.2) is 0 Å². The average molecular weight is 322 g/mol. The van der Waals surface area contributed by atoms with E-state index in [0.29, 0.717) is 11.3 Å². The van der Waals surface area contributed by atoms with E-state index in [1.54, 1.807) is 31.4 Å². The van der Waals surface area contributed by atoms with Crippen LogP contribution < -0.4 is 10.2 Å². The lowest BCUT2D eigenvalue weighted by Crippen LogP contribution is -2.18. The van der Waals surface area contributed by atoms with Gasteiger partial charge in [-0.05, 0) is 48.0 Å². The summed E-state index contributed by atoms with van der Waals surface area (Å²) in [7, 11) is 1.54. The van der Waals surface area contributed by atoms with E-state index in [-0.39, 0.29) is 5.56 Å². The molecular weight excluding hydrogens is 309 g/mol. The minimum Gasteiger partial charge on any atom is -0.497 e. The molecule has 7 heteroatoms. The Morgan fingerprint density at radius 3 is 2.48 bits per heavy atom. The van der Waals surface area contributed by atoms with Crippen LogP contribution in [0.1, 0.15) is 21.5 Å². The second kappa shape index (κ2) is 6.95. The Bertz CT molecular complexity index is 710. The lowest BCUT2D eigenvalue weighted by Gasteiger charge is -2.07. The van der Waals surface area contributed by atoms with Crippen LogP contribution in [-0.4, -0.2) is 19.2 Å². The van der Waals surface area contributed by atoms with Gasteiger partial charge in [-0.25, -0.2) is 5.43 Å². The van der Waals surface area contributed by atoms with Gasteiger partial charge in [0.2, 0.25) is 0 Å². The molecule has 0 aliphatic rings. The highest BCUT2D eigenvalue weighted by molar-refractivity contribution is 5.95. The highest BCUT2D eigenvalue weighted by Gasteiger charge is 2.30. The van der Waals surface area contributed by atoms with Gasteiger partial charge in [-0.2, -0.15) is 18.3 Å². The van der Waals surface area contributed by atoms with Crippen molar-refractivity contribution < 1.29 is 22.7 Å². The molecule has 0 atom stereocenters. The number of halogens is 3. The van der Waals surface area contributed by atoms with Crippen LogP contribution in [0.25, 0.3) is 0 Å². The lowest BCUT2D eigenvalue weighted by molar-refractivity contribution is -0.137. The molecule has 0 aliphatic carbocycles. The molecule has 0 bridgehead atoms. The molecule has 120 valence electrons. The van der Waals surface area contributed by atoms with E-state index in [0.717, 1.165) is 12.1 Å². The van der Waals surface area contributed by atoms with Crippen molar-refractivity contribution in [1.29, 1.82) is 0 Å². The number of nitrogens with zero attached hydrogens (tertiary/aromatic N) is 1. The molecule has 0 aromatic heterocycles. The summed E-state index contributed by atoms with van der Waals surface area (Å²) in [5, 5.41) is 3.72. The van der Waals surface area contributed by atoms with Gasteiger partial charge in [0, 0.05) is 5.56 Å². The fourth-order valence-corrected chi connectivity index (χ4v) is 1.76. The molecule has 0 aliphatic heterocycles. The topological polar surface area (TPSA) is 50.7 Å². The maximum absolute atomic E-state index is 12.6. The zero-order valence-electron chi connectivity index (χ0n) is 12.1. The Hall–Kier alpha value is -2.83. The van der Waals surface area contributed by atoms with Gasteiger partial charge in [-0.1, -0.05) is 6.07 Å². The summed E-state index contributed by atoms with van der Waals surface area (Å²) in [4.78, 5) is 11.8. The Kier molecular flexibility index (Phi) is 5.00. The van der Waals surface area contributed by atoms with Crippen LogP contribution in [0.15, 0.2) is 53.6 Å². The quantitative estimate of drug-likeness (QED) is 0.692. The third kappa shape index (κ3) is 4.57. The molecule has 0 spiro atoms. The molecule has 0 radical (unpaired) electrons. The first kappa shape index (κ1) is 16.5. The molecule has 23 heavy (non-hydrogen) atoms. The number of carbonyl (C=O) groups is 1. The van der Waals surface area contributed by atoms with E-state index in [2.05, 4.69) is 10.5 Å². The van der Waals surface area contributed by atoms with Gasteiger partial charge in [-0.3, -0.25) is 4.79 Å². The zero-order chi connectivity index (χ0) is 16.9. The summed E-state index contributed by atoms with van der Waals surface area (Å²) >= 11 is 0. The lowest BCUT2D eigenvalue weighted by atomic mass is 10.1. The standard InChI is InChI=1S/C16H13F3N2O2/c1-23-14-7-5-11(6-8-14)10-20-21-15(22)12-3-2-4-13(9-12)16(17,18)19/h2-10H,1H3,(H,21,22)/b20-10+. The summed E-state index contributed by atoms with van der Waals surface area (Å²) in [5.74, 6) is -0.0454. The van der Waals surface area contributed by atoms with Crippen LogP contribution in [0.4, 0.5) is 13.2 Å². The molecule has 2 rings (SSSR count). The minimum absolute atomic E-state index is 0.119. The summed E-state index contributed by atoms with van der Waals surface area (Å²) < 4.78 is 42.8. The molecule has 0 heterocycles. The minimum atomic E-state index is -4.50. The largest absolute Gasteiger partial charge is 0.497 e. The molecule has 0 saturated heterocycles. The first-order chi connectivity index (χ1) is 10.9. The van der Waals surface area contributed by atoms with Crippen molar-refractivity contribution in [3.8, 4) is 5.75 Å². The fourth-order valence-electron chi connectivity index (χ4n) is 1.76. The van der Waals surface area contributed by atoms with E-state index < -0.39 is 17.6 Å². The highest BCUT2D eigenvalue weighted by Crippen LogP contribution is 2.29. The Morgan fingerprint density at radius 1 is 1.17 bits per heavy atom. The maximum Gasteiger partial charge on any atom is 0.416 e. The summed E-state index contributed by atoms with van der Waals surface area (Å²) in [6.45, 7) is 0. The van der Waals surface area contributed by atoms with E-state index in [9.17, 15) is 18.0 Å². The fraction of sp³-hybridized carbons (Fsp3) is 0.125. The van der Waals surface area contributed by atoms with Gasteiger partial charge in [-0.15, -0.1) is 0 Å². The average Bonchev–Trinajstić information content (AvgIpc) is 2.54. The van der Waals surface area contributed by atoms with Gasteiger partial charge < -0.3 is 4.74 Å². The van der Waals surface area contributed by atoms with Crippen molar-refractivity contribution >= 4 is 12.1 Å². The molecule has 4 nitrogen and oxygen atoms in total. The number of nitrogens with one attached hydrogen (secondary N) is 1. The predicted octanol–water partition coefficient (Wildman–Crippen LogP) is 3.48. The Balaban J connectivity index is 2.03. The van der Waals surface area contributed by atoms with Gasteiger partial charge in [0.1, 0.15) is 5.75 Å². The molecular formula is C16H13F3N2O2. The monoisotopic (exact) mass is 322 g/mol. The zero-order valence-corrected chi connectivity index (χ0v) is 12.1. The summed E-state index contributed by atoms with van der Waals surface area (Å²) in [6.07, 6.45) is -3.12. The van der Waals surface area contributed by atoms with Crippen LogP contribution in [0, 0.1) is 0 Å². The number of hydrogen-bond donors (Lipinski definition) is 1. The molecule has 0 saturated carbocycles. The van der Waals surface area contributed by atoms with Crippen molar-refractivity contribution in [3.63, 3.8) is 0 Å². The van der Waals surface area contributed by atoms with E-state index in [1.165, 1.54) is 18.3 Å². The molecule has 1 N–H and O–H groups in total. The second-order valence-corrected chi connectivity index (χ2v) is 4.55. The number of alkyl halides is 3.